The van der Waals surface area contributed by atoms with Crippen LogP contribution < -0.4 is 9.80 Å². The van der Waals surface area contributed by atoms with Crippen molar-refractivity contribution in [2.75, 3.05) is 9.80 Å². The van der Waals surface area contributed by atoms with E-state index < -0.39 is 0 Å². The molecule has 0 heterocycles. The zero-order valence-electron chi connectivity index (χ0n) is 25.0. The summed E-state index contributed by atoms with van der Waals surface area (Å²) in [4.78, 5) is 4.62. The van der Waals surface area contributed by atoms with Gasteiger partial charge in [0.2, 0.25) is 0 Å². The Morgan fingerprint density at radius 3 is 1.19 bits per heavy atom. The number of anilines is 6. The van der Waals surface area contributed by atoms with Crippen LogP contribution in [0.15, 0.2) is 152 Å². The third kappa shape index (κ3) is 6.60. The molecule has 2 nitrogen and oxygen atoms in total. The Labute approximate surface area is 255 Å². The van der Waals surface area contributed by atoms with Gasteiger partial charge in [-0.15, -0.1) is 0 Å². The number of nitrogens with zero attached hydrogens (tertiary/aromatic N) is 2. The van der Waals surface area contributed by atoms with Gasteiger partial charge in [-0.1, -0.05) is 91.0 Å². The van der Waals surface area contributed by atoms with E-state index in [1.165, 1.54) is 22.4 Å². The summed E-state index contributed by atoms with van der Waals surface area (Å²) in [6.07, 6.45) is 4.36. The van der Waals surface area contributed by atoms with Gasteiger partial charge in [-0.25, -0.2) is 0 Å². The standard InChI is InChI=1S/C41H36N2/c1-31-11-10-16-40(28-31)43(41-29-32(2)27-33(3)30-41)39-25-21-35(22-26-39)18-17-34-19-23-38(24-20-34)42(36-12-6-4-7-13-36)37-14-8-5-9-15-37/h4-30H,1-3H3/b18-17+. The summed E-state index contributed by atoms with van der Waals surface area (Å²) in [6.45, 7) is 6.46. The van der Waals surface area contributed by atoms with Crippen LogP contribution in [-0.4, -0.2) is 0 Å². The molecule has 0 saturated heterocycles. The summed E-state index contributed by atoms with van der Waals surface area (Å²) >= 11 is 0. The van der Waals surface area contributed by atoms with E-state index >= 15 is 0 Å². The molecule has 0 atom stereocenters. The van der Waals surface area contributed by atoms with Crippen LogP contribution in [0.4, 0.5) is 34.1 Å². The number of aryl methyl sites for hydroxylation is 3. The summed E-state index contributed by atoms with van der Waals surface area (Å²) in [5.41, 5.74) is 12.9. The van der Waals surface area contributed by atoms with Crippen molar-refractivity contribution < 1.29 is 0 Å². The number of benzene rings is 6. The molecule has 0 saturated carbocycles. The molecule has 0 aliphatic heterocycles. The first-order valence-corrected chi connectivity index (χ1v) is 14.8. The van der Waals surface area contributed by atoms with Crippen molar-refractivity contribution in [2.24, 2.45) is 0 Å². The van der Waals surface area contributed by atoms with Crippen molar-refractivity contribution in [3.8, 4) is 0 Å². The Hall–Kier alpha value is -5.34. The highest BCUT2D eigenvalue weighted by molar-refractivity contribution is 5.80. The number of hydrogen-bond donors (Lipinski definition) is 0. The van der Waals surface area contributed by atoms with Crippen molar-refractivity contribution in [3.63, 3.8) is 0 Å². The van der Waals surface area contributed by atoms with Crippen LogP contribution >= 0.6 is 0 Å². The summed E-state index contributed by atoms with van der Waals surface area (Å²) in [7, 11) is 0. The van der Waals surface area contributed by atoms with Crippen LogP contribution in [0.25, 0.3) is 12.2 Å². The summed E-state index contributed by atoms with van der Waals surface area (Å²) in [5.74, 6) is 0. The lowest BCUT2D eigenvalue weighted by molar-refractivity contribution is 1.24. The van der Waals surface area contributed by atoms with Crippen molar-refractivity contribution >= 4 is 46.3 Å². The predicted molar refractivity (Wildman–Crippen MR) is 185 cm³/mol. The molecule has 0 radical (unpaired) electrons. The molecule has 6 aromatic rings. The van der Waals surface area contributed by atoms with Crippen molar-refractivity contribution in [3.05, 3.63) is 179 Å². The normalized spacial score (nSPS) is 11.0. The van der Waals surface area contributed by atoms with Gasteiger partial charge in [0.15, 0.2) is 0 Å². The molecule has 0 aliphatic carbocycles. The molecule has 2 heteroatoms. The Kier molecular flexibility index (Phi) is 8.19. The Morgan fingerprint density at radius 2 is 0.721 bits per heavy atom. The van der Waals surface area contributed by atoms with Gasteiger partial charge >= 0.3 is 0 Å². The minimum Gasteiger partial charge on any atom is -0.311 e. The first-order chi connectivity index (χ1) is 21.0. The molecular weight excluding hydrogens is 520 g/mol. The van der Waals surface area contributed by atoms with E-state index in [0.717, 1.165) is 39.6 Å². The third-order valence-electron chi connectivity index (χ3n) is 7.52. The topological polar surface area (TPSA) is 6.48 Å². The summed E-state index contributed by atoms with van der Waals surface area (Å²) in [6, 6.07) is 53.9. The van der Waals surface area contributed by atoms with Gasteiger partial charge in [0.05, 0.1) is 0 Å². The number of rotatable bonds is 8. The zero-order valence-corrected chi connectivity index (χ0v) is 25.0. The fraction of sp³-hybridized carbons (Fsp3) is 0.0732. The molecule has 0 unspecified atom stereocenters. The van der Waals surface area contributed by atoms with E-state index in [1.54, 1.807) is 0 Å². The lowest BCUT2D eigenvalue weighted by Gasteiger charge is -2.26. The van der Waals surface area contributed by atoms with Crippen LogP contribution in [0.2, 0.25) is 0 Å². The molecule has 0 aliphatic rings. The third-order valence-corrected chi connectivity index (χ3v) is 7.52. The van der Waals surface area contributed by atoms with Crippen molar-refractivity contribution in [2.45, 2.75) is 20.8 Å². The lowest BCUT2D eigenvalue weighted by atomic mass is 10.1. The molecule has 43 heavy (non-hydrogen) atoms. The van der Waals surface area contributed by atoms with Gasteiger partial charge < -0.3 is 9.80 Å². The van der Waals surface area contributed by atoms with Gasteiger partial charge in [-0.2, -0.15) is 0 Å². The van der Waals surface area contributed by atoms with Crippen LogP contribution in [0, 0.1) is 20.8 Å². The SMILES string of the molecule is Cc1cccc(N(c2ccc(/C=C/c3ccc(N(c4ccccc4)c4ccccc4)cc3)cc2)c2cc(C)cc(C)c2)c1. The van der Waals surface area contributed by atoms with Crippen LogP contribution in [0.1, 0.15) is 27.8 Å². The van der Waals surface area contributed by atoms with Crippen molar-refractivity contribution in [1.29, 1.82) is 0 Å². The van der Waals surface area contributed by atoms with Gasteiger partial charge in [-0.3, -0.25) is 0 Å². The van der Waals surface area contributed by atoms with Gasteiger partial charge in [0, 0.05) is 34.1 Å². The fourth-order valence-corrected chi connectivity index (χ4v) is 5.56. The minimum absolute atomic E-state index is 1.13. The Balaban J connectivity index is 1.25. The molecule has 0 fully saturated rings. The second-order valence-electron chi connectivity index (χ2n) is 11.0. The highest BCUT2D eigenvalue weighted by Gasteiger charge is 2.14. The molecule has 210 valence electrons. The van der Waals surface area contributed by atoms with E-state index in [1.807, 2.05) is 0 Å². The smallest absolute Gasteiger partial charge is 0.0466 e. The minimum atomic E-state index is 1.13. The molecule has 0 spiro atoms. The first-order valence-electron chi connectivity index (χ1n) is 14.8. The second kappa shape index (κ2) is 12.7. The van der Waals surface area contributed by atoms with Crippen LogP contribution in [0.5, 0.6) is 0 Å². The Morgan fingerprint density at radius 1 is 0.326 bits per heavy atom. The molecular formula is C41H36N2. The predicted octanol–water partition coefficient (Wildman–Crippen LogP) is 11.7. The monoisotopic (exact) mass is 556 g/mol. The Bertz CT molecular complexity index is 1760. The van der Waals surface area contributed by atoms with E-state index in [0.29, 0.717) is 0 Å². The van der Waals surface area contributed by atoms with Crippen LogP contribution in [-0.2, 0) is 0 Å². The summed E-state index contributed by atoms with van der Waals surface area (Å²) in [5, 5.41) is 0. The van der Waals surface area contributed by atoms with Crippen LogP contribution in [0.3, 0.4) is 0 Å². The van der Waals surface area contributed by atoms with E-state index in [-0.39, 0.29) is 0 Å². The second-order valence-corrected chi connectivity index (χ2v) is 11.0. The molecule has 0 amide bonds. The van der Waals surface area contributed by atoms with Gasteiger partial charge in [-0.05, 0) is 121 Å². The van der Waals surface area contributed by atoms with Gasteiger partial charge in [0.1, 0.15) is 0 Å². The van der Waals surface area contributed by atoms with Gasteiger partial charge in [0.25, 0.3) is 0 Å². The number of hydrogen-bond acceptors (Lipinski definition) is 2. The van der Waals surface area contributed by atoms with E-state index in [9.17, 15) is 0 Å². The largest absolute Gasteiger partial charge is 0.311 e. The molecule has 0 bridgehead atoms. The molecule has 0 aromatic heterocycles. The van der Waals surface area contributed by atoms with E-state index in [4.69, 9.17) is 0 Å². The first kappa shape index (κ1) is 27.8. The molecule has 6 rings (SSSR count). The maximum absolute atomic E-state index is 2.34. The zero-order chi connectivity index (χ0) is 29.6. The van der Waals surface area contributed by atoms with Crippen molar-refractivity contribution in [1.82, 2.24) is 0 Å². The average molecular weight is 557 g/mol. The highest BCUT2D eigenvalue weighted by atomic mass is 15.1. The molecule has 0 N–H and O–H groups in total. The fourth-order valence-electron chi connectivity index (χ4n) is 5.56. The quantitative estimate of drug-likeness (QED) is 0.172. The number of para-hydroxylation sites is 2. The maximum atomic E-state index is 2.34. The average Bonchev–Trinajstić information content (AvgIpc) is 3.02. The maximum Gasteiger partial charge on any atom is 0.0466 e. The lowest BCUT2D eigenvalue weighted by Crippen LogP contribution is -2.10. The highest BCUT2D eigenvalue weighted by Crippen LogP contribution is 2.37. The summed E-state index contributed by atoms with van der Waals surface area (Å²) < 4.78 is 0. The molecule has 6 aromatic carbocycles. The van der Waals surface area contributed by atoms with E-state index in [2.05, 4.69) is 194 Å².